The number of hydrogen-bond donors (Lipinski definition) is 3. The van der Waals surface area contributed by atoms with Gasteiger partial charge in [-0.2, -0.15) is 0 Å². The van der Waals surface area contributed by atoms with E-state index in [1.807, 2.05) is 6.92 Å². The van der Waals surface area contributed by atoms with E-state index in [4.69, 9.17) is 5.11 Å². The van der Waals surface area contributed by atoms with Gasteiger partial charge in [-0.25, -0.2) is 4.79 Å². The maximum Gasteiger partial charge on any atom is 0.317 e. The number of nitrogens with zero attached hydrogens (tertiary/aromatic N) is 1. The Labute approximate surface area is 113 Å². The molecule has 0 aliphatic heterocycles. The summed E-state index contributed by atoms with van der Waals surface area (Å²) in [6, 6.07) is -0.312. The average Bonchev–Trinajstić information content (AvgIpc) is 2.39. The van der Waals surface area contributed by atoms with Gasteiger partial charge in [-0.1, -0.05) is 6.92 Å². The van der Waals surface area contributed by atoms with Crippen LogP contribution in [0.15, 0.2) is 0 Å². The smallest absolute Gasteiger partial charge is 0.317 e. The highest BCUT2D eigenvalue weighted by molar-refractivity contribution is 5.83. The van der Waals surface area contributed by atoms with Crippen LogP contribution in [-0.2, 0) is 9.59 Å². The van der Waals surface area contributed by atoms with Crippen LogP contribution in [0.1, 0.15) is 26.7 Å². The molecule has 0 heterocycles. The van der Waals surface area contributed by atoms with Crippen molar-refractivity contribution >= 4 is 17.9 Å². The Morgan fingerprint density at radius 3 is 2.42 bits per heavy atom. The van der Waals surface area contributed by atoms with Crippen LogP contribution in [0.4, 0.5) is 4.79 Å². The predicted molar refractivity (Wildman–Crippen MR) is 70.7 cm³/mol. The summed E-state index contributed by atoms with van der Waals surface area (Å²) in [6.07, 6.45) is 0.601. The molecule has 3 N–H and O–H groups in total. The molecule has 0 aliphatic rings. The summed E-state index contributed by atoms with van der Waals surface area (Å²) >= 11 is 0. The van der Waals surface area contributed by atoms with Gasteiger partial charge in [0.05, 0.1) is 0 Å². The van der Waals surface area contributed by atoms with Crippen LogP contribution in [-0.4, -0.2) is 54.6 Å². The van der Waals surface area contributed by atoms with Crippen LogP contribution < -0.4 is 10.6 Å². The normalized spacial score (nSPS) is 11.5. The molecule has 0 aromatic carbocycles. The molecule has 110 valence electrons. The molecule has 19 heavy (non-hydrogen) atoms. The number of rotatable bonds is 8. The Morgan fingerprint density at radius 1 is 1.32 bits per heavy atom. The van der Waals surface area contributed by atoms with Gasteiger partial charge in [0.2, 0.25) is 5.91 Å². The molecule has 0 aromatic rings. The van der Waals surface area contributed by atoms with Crippen molar-refractivity contribution in [2.75, 3.05) is 26.7 Å². The molecular formula is C12H23N3O4. The highest BCUT2D eigenvalue weighted by atomic mass is 16.4. The first kappa shape index (κ1) is 17.2. The topological polar surface area (TPSA) is 98.7 Å². The number of urea groups is 1. The number of carbonyl (C=O) groups is 3. The van der Waals surface area contributed by atoms with Crippen LogP contribution in [0.3, 0.4) is 0 Å². The molecule has 0 spiro atoms. The minimum Gasteiger partial charge on any atom is -0.481 e. The summed E-state index contributed by atoms with van der Waals surface area (Å²) < 4.78 is 0. The van der Waals surface area contributed by atoms with Gasteiger partial charge in [0.1, 0.15) is 6.54 Å². The second-order valence-electron chi connectivity index (χ2n) is 4.41. The summed E-state index contributed by atoms with van der Waals surface area (Å²) in [6.45, 7) is 4.51. The van der Waals surface area contributed by atoms with Gasteiger partial charge < -0.3 is 20.6 Å². The molecular weight excluding hydrogens is 250 g/mol. The molecule has 0 bridgehead atoms. The maximum atomic E-state index is 11.8. The molecule has 0 rings (SSSR count). The van der Waals surface area contributed by atoms with Gasteiger partial charge in [0.15, 0.2) is 0 Å². The second kappa shape index (κ2) is 9.18. The molecule has 1 unspecified atom stereocenters. The van der Waals surface area contributed by atoms with Crippen molar-refractivity contribution < 1.29 is 19.5 Å². The van der Waals surface area contributed by atoms with Gasteiger partial charge in [0.25, 0.3) is 0 Å². The molecule has 7 heteroatoms. The summed E-state index contributed by atoms with van der Waals surface area (Å²) in [7, 11) is 1.52. The number of carboxylic acids is 1. The van der Waals surface area contributed by atoms with Gasteiger partial charge in [-0.15, -0.1) is 0 Å². The van der Waals surface area contributed by atoms with Crippen molar-refractivity contribution in [3.8, 4) is 0 Å². The molecule has 0 fully saturated rings. The van der Waals surface area contributed by atoms with E-state index >= 15 is 0 Å². The third-order valence-corrected chi connectivity index (χ3v) is 2.73. The number of amides is 3. The number of hydrogen-bond acceptors (Lipinski definition) is 3. The Balaban J connectivity index is 4.05. The summed E-state index contributed by atoms with van der Waals surface area (Å²) in [4.78, 5) is 34.8. The van der Waals surface area contributed by atoms with Gasteiger partial charge in [0, 0.05) is 26.6 Å². The minimum absolute atomic E-state index is 0.0162. The zero-order valence-electron chi connectivity index (χ0n) is 11.7. The highest BCUT2D eigenvalue weighted by Crippen LogP contribution is 2.04. The van der Waals surface area contributed by atoms with E-state index in [9.17, 15) is 14.4 Å². The lowest BCUT2D eigenvalue weighted by Crippen LogP contribution is -2.45. The zero-order valence-corrected chi connectivity index (χ0v) is 11.7. The molecule has 0 radical (unpaired) electrons. The lowest BCUT2D eigenvalue weighted by molar-refractivity contribution is -0.137. The standard InChI is InChI=1S/C12H23N3O4/c1-4-15(8-10(16)13-3)12(19)14-7-9(2)5-6-11(17)18/h9H,4-8H2,1-3H3,(H,13,16)(H,14,19)(H,17,18). The third kappa shape index (κ3) is 8.01. The van der Waals surface area contributed by atoms with Crippen LogP contribution in [0.25, 0.3) is 0 Å². The number of carbonyl (C=O) groups excluding carboxylic acids is 2. The van der Waals surface area contributed by atoms with E-state index in [0.29, 0.717) is 19.5 Å². The van der Waals surface area contributed by atoms with Gasteiger partial charge in [-0.05, 0) is 19.3 Å². The van der Waals surface area contributed by atoms with Crippen molar-refractivity contribution in [1.82, 2.24) is 15.5 Å². The van der Waals surface area contributed by atoms with Crippen molar-refractivity contribution in [1.29, 1.82) is 0 Å². The third-order valence-electron chi connectivity index (χ3n) is 2.73. The molecule has 7 nitrogen and oxygen atoms in total. The lowest BCUT2D eigenvalue weighted by Gasteiger charge is -2.21. The quantitative estimate of drug-likeness (QED) is 0.591. The van der Waals surface area contributed by atoms with Gasteiger partial charge >= 0.3 is 12.0 Å². The zero-order chi connectivity index (χ0) is 14.8. The summed E-state index contributed by atoms with van der Waals surface area (Å²) in [5, 5.41) is 13.7. The van der Waals surface area contributed by atoms with Crippen LogP contribution >= 0.6 is 0 Å². The molecule has 0 aliphatic carbocycles. The van der Waals surface area contributed by atoms with Crippen molar-refractivity contribution in [3.63, 3.8) is 0 Å². The fourth-order valence-corrected chi connectivity index (χ4v) is 1.42. The SMILES string of the molecule is CCN(CC(=O)NC)C(=O)NCC(C)CCC(=O)O. The molecule has 0 saturated heterocycles. The van der Waals surface area contributed by atoms with Crippen LogP contribution in [0, 0.1) is 5.92 Å². The molecule has 0 aromatic heterocycles. The number of nitrogens with one attached hydrogen (secondary N) is 2. The van der Waals surface area contributed by atoms with E-state index < -0.39 is 5.97 Å². The summed E-state index contributed by atoms with van der Waals surface area (Å²) in [5.41, 5.74) is 0. The first-order valence-electron chi connectivity index (χ1n) is 6.35. The van der Waals surface area contributed by atoms with Gasteiger partial charge in [-0.3, -0.25) is 9.59 Å². The average molecular weight is 273 g/mol. The molecule has 1 atom stereocenters. The highest BCUT2D eigenvalue weighted by Gasteiger charge is 2.15. The Kier molecular flexibility index (Phi) is 8.32. The lowest BCUT2D eigenvalue weighted by atomic mass is 10.1. The van der Waals surface area contributed by atoms with E-state index in [0.717, 1.165) is 0 Å². The van der Waals surface area contributed by atoms with E-state index in [1.165, 1.54) is 11.9 Å². The first-order valence-corrected chi connectivity index (χ1v) is 6.35. The second-order valence-corrected chi connectivity index (χ2v) is 4.41. The number of carboxylic acid groups (broad SMARTS) is 1. The minimum atomic E-state index is -0.840. The fourth-order valence-electron chi connectivity index (χ4n) is 1.42. The fraction of sp³-hybridized carbons (Fsp3) is 0.750. The van der Waals surface area contributed by atoms with E-state index in [1.54, 1.807) is 6.92 Å². The predicted octanol–water partition coefficient (Wildman–Crippen LogP) is 0.265. The van der Waals surface area contributed by atoms with Crippen LogP contribution in [0.2, 0.25) is 0 Å². The number of likely N-dealkylation sites (N-methyl/N-ethyl adjacent to an activating group) is 2. The first-order chi connectivity index (χ1) is 8.90. The number of aliphatic carboxylic acids is 1. The molecule has 3 amide bonds. The van der Waals surface area contributed by atoms with Crippen molar-refractivity contribution in [2.45, 2.75) is 26.7 Å². The maximum absolute atomic E-state index is 11.8. The largest absolute Gasteiger partial charge is 0.481 e. The van der Waals surface area contributed by atoms with E-state index in [2.05, 4.69) is 10.6 Å². The summed E-state index contributed by atoms with van der Waals surface area (Å²) in [5.74, 6) is -0.984. The molecule has 0 saturated carbocycles. The van der Waals surface area contributed by atoms with Crippen LogP contribution in [0.5, 0.6) is 0 Å². The Bertz CT molecular complexity index is 320. The van der Waals surface area contributed by atoms with Crippen molar-refractivity contribution in [3.05, 3.63) is 0 Å². The Morgan fingerprint density at radius 2 is 1.95 bits per heavy atom. The van der Waals surface area contributed by atoms with E-state index in [-0.39, 0.29) is 30.8 Å². The monoisotopic (exact) mass is 273 g/mol. The van der Waals surface area contributed by atoms with Crippen molar-refractivity contribution in [2.24, 2.45) is 5.92 Å². The Hall–Kier alpha value is -1.79.